The lowest BCUT2D eigenvalue weighted by Gasteiger charge is -2.27. The molecule has 0 aliphatic carbocycles. The molecule has 1 aliphatic heterocycles. The van der Waals surface area contributed by atoms with E-state index >= 15 is 0 Å². The quantitative estimate of drug-likeness (QED) is 0.328. The van der Waals surface area contributed by atoms with Crippen molar-refractivity contribution in [1.82, 2.24) is 15.9 Å². The second-order valence-corrected chi connectivity index (χ2v) is 7.89. The highest BCUT2D eigenvalue weighted by molar-refractivity contribution is 7.96. The molecular weight excluding hydrogens is 495 g/mol. The van der Waals surface area contributed by atoms with Crippen LogP contribution in [0.1, 0.15) is 20.7 Å². The third-order valence-corrected chi connectivity index (χ3v) is 5.42. The molecule has 1 fully saturated rings. The van der Waals surface area contributed by atoms with Gasteiger partial charge in [0.15, 0.2) is 0 Å². The molecule has 0 unspecified atom stereocenters. The van der Waals surface area contributed by atoms with Crippen molar-refractivity contribution < 1.29 is 27.7 Å². The molecular formula is C20H24ClFN4O5S2. The molecule has 1 saturated heterocycles. The maximum absolute atomic E-state index is 14.3. The zero-order valence-corrected chi connectivity index (χ0v) is 20.5. The minimum absolute atomic E-state index is 0. The zero-order valence-electron chi connectivity index (χ0n) is 17.9. The van der Waals surface area contributed by atoms with Crippen molar-refractivity contribution >= 4 is 54.8 Å². The van der Waals surface area contributed by atoms with E-state index in [1.807, 2.05) is 0 Å². The monoisotopic (exact) mass is 518 g/mol. The van der Waals surface area contributed by atoms with Crippen molar-refractivity contribution in [3.05, 3.63) is 58.4 Å². The molecule has 0 bridgehead atoms. The number of carbonyl (C=O) groups excluding carboxylic acids is 2. The van der Waals surface area contributed by atoms with Crippen LogP contribution >= 0.6 is 37.3 Å². The van der Waals surface area contributed by atoms with Gasteiger partial charge in [0.1, 0.15) is 23.8 Å². The Bertz CT molecular complexity index is 981. The smallest absolute Gasteiger partial charge is 0.273 e. The van der Waals surface area contributed by atoms with Gasteiger partial charge in [-0.3, -0.25) is 24.7 Å². The number of nitrogens with one attached hydrogen (secondary N) is 2. The first-order valence-electron chi connectivity index (χ1n) is 9.54. The van der Waals surface area contributed by atoms with Crippen molar-refractivity contribution in [2.75, 3.05) is 44.8 Å². The molecule has 0 saturated carbocycles. The van der Waals surface area contributed by atoms with Crippen molar-refractivity contribution in [2.45, 2.75) is 0 Å². The molecule has 1 aliphatic rings. The zero-order chi connectivity index (χ0) is 23.1. The molecule has 1 heterocycles. The van der Waals surface area contributed by atoms with Gasteiger partial charge in [-0.25, -0.2) is 8.67 Å². The maximum atomic E-state index is 14.3. The Balaban J connectivity index is 0.00000385. The minimum atomic E-state index is -0.828. The Hall–Kier alpha value is -2.22. The SMILES string of the molecule is COc1ccc(Cl)cc1C(=O)NNC(=O)c1cc(N(C)SON2CCOCC2)ccc1F.S. The van der Waals surface area contributed by atoms with E-state index in [1.54, 1.807) is 22.5 Å². The first-order chi connectivity index (χ1) is 15.4. The van der Waals surface area contributed by atoms with Crippen LogP contribution < -0.4 is 19.9 Å². The van der Waals surface area contributed by atoms with Gasteiger partial charge in [0.05, 0.1) is 31.5 Å². The topological polar surface area (TPSA) is 92.4 Å². The lowest BCUT2D eigenvalue weighted by molar-refractivity contribution is -0.105. The molecule has 0 atom stereocenters. The fraction of sp³-hybridized carbons (Fsp3) is 0.300. The van der Waals surface area contributed by atoms with Gasteiger partial charge in [-0.15, -0.1) is 0 Å². The summed E-state index contributed by atoms with van der Waals surface area (Å²) >= 11 is 6.96. The number of rotatable bonds is 7. The van der Waals surface area contributed by atoms with Crippen molar-refractivity contribution in [3.8, 4) is 5.75 Å². The Kier molecular flexibility index (Phi) is 10.5. The highest BCUT2D eigenvalue weighted by atomic mass is 35.5. The molecule has 33 heavy (non-hydrogen) atoms. The van der Waals surface area contributed by atoms with Crippen molar-refractivity contribution in [1.29, 1.82) is 0 Å². The fourth-order valence-corrected chi connectivity index (χ4v) is 3.47. The summed E-state index contributed by atoms with van der Waals surface area (Å²) in [6, 6.07) is 8.51. The van der Waals surface area contributed by atoms with Crippen LogP contribution in [0, 0.1) is 5.82 Å². The van der Waals surface area contributed by atoms with Crippen molar-refractivity contribution in [3.63, 3.8) is 0 Å². The summed E-state index contributed by atoms with van der Waals surface area (Å²) in [5.41, 5.74) is 4.83. The van der Waals surface area contributed by atoms with Crippen LogP contribution in [0.25, 0.3) is 0 Å². The molecule has 3 rings (SSSR count). The highest BCUT2D eigenvalue weighted by Crippen LogP contribution is 2.25. The minimum Gasteiger partial charge on any atom is -0.496 e. The van der Waals surface area contributed by atoms with Gasteiger partial charge in [0, 0.05) is 30.8 Å². The van der Waals surface area contributed by atoms with E-state index in [2.05, 4.69) is 10.9 Å². The number of morpholine rings is 1. The molecule has 2 aromatic rings. The Morgan fingerprint density at radius 1 is 1.12 bits per heavy atom. The lowest BCUT2D eigenvalue weighted by atomic mass is 10.1. The van der Waals surface area contributed by atoms with Crippen LogP contribution in [0.5, 0.6) is 5.75 Å². The fourth-order valence-electron chi connectivity index (χ4n) is 2.75. The molecule has 2 amide bonds. The third kappa shape index (κ3) is 7.39. The van der Waals surface area contributed by atoms with Gasteiger partial charge in [0.25, 0.3) is 11.8 Å². The number of hydrogen-bond acceptors (Lipinski definition) is 8. The average Bonchev–Trinajstić information content (AvgIpc) is 2.81. The van der Waals surface area contributed by atoms with Gasteiger partial charge in [-0.1, -0.05) is 11.6 Å². The van der Waals surface area contributed by atoms with Crippen molar-refractivity contribution in [2.24, 2.45) is 0 Å². The van der Waals surface area contributed by atoms with E-state index in [0.717, 1.165) is 18.3 Å². The number of methoxy groups -OCH3 is 1. The van der Waals surface area contributed by atoms with E-state index in [0.29, 0.717) is 37.0 Å². The molecule has 9 nitrogen and oxygen atoms in total. The van der Waals surface area contributed by atoms with Crippen LogP contribution in [0.15, 0.2) is 36.4 Å². The molecule has 0 spiro atoms. The third-order valence-electron chi connectivity index (χ3n) is 4.47. The molecule has 2 N–H and O–H groups in total. The molecule has 180 valence electrons. The predicted molar refractivity (Wildman–Crippen MR) is 129 cm³/mol. The standard InChI is InChI=1S/C20H22ClFN4O5S.H2S/c1-25(32-31-26-7-9-30-10-8-26)14-4-5-17(22)15(12-14)19(27)23-24-20(28)16-11-13(21)3-6-18(16)29-2;/h3-6,11-12H,7-10H2,1-2H3,(H,23,27)(H,24,28);1H2. The number of nitrogens with zero attached hydrogens (tertiary/aromatic N) is 2. The summed E-state index contributed by atoms with van der Waals surface area (Å²) in [4.78, 5) is 24.9. The van der Waals surface area contributed by atoms with Crippen LogP contribution in [-0.4, -0.2) is 57.3 Å². The second-order valence-electron chi connectivity index (χ2n) is 6.60. The van der Waals surface area contributed by atoms with Crippen LogP contribution in [0.4, 0.5) is 10.1 Å². The van der Waals surface area contributed by atoms with Gasteiger partial charge >= 0.3 is 0 Å². The summed E-state index contributed by atoms with van der Waals surface area (Å²) in [5, 5.41) is 2.07. The van der Waals surface area contributed by atoms with Crippen LogP contribution in [0.2, 0.25) is 5.02 Å². The largest absolute Gasteiger partial charge is 0.496 e. The number of hydrogen-bond donors (Lipinski definition) is 2. The summed E-state index contributed by atoms with van der Waals surface area (Å²) in [5.74, 6) is -1.96. The number of hydroxylamine groups is 2. The maximum Gasteiger partial charge on any atom is 0.273 e. The number of ether oxygens (including phenoxy) is 2. The normalized spacial score (nSPS) is 13.6. The number of hydrazine groups is 1. The first kappa shape index (κ1) is 27.0. The van der Waals surface area contributed by atoms with E-state index in [1.165, 1.54) is 31.4 Å². The van der Waals surface area contributed by atoms with Gasteiger partial charge in [-0.2, -0.15) is 18.6 Å². The number of anilines is 1. The molecule has 2 aromatic carbocycles. The Morgan fingerprint density at radius 2 is 1.79 bits per heavy atom. The summed E-state index contributed by atoms with van der Waals surface area (Å²) in [6.45, 7) is 2.43. The second kappa shape index (κ2) is 12.9. The average molecular weight is 519 g/mol. The number of amides is 2. The predicted octanol–water partition coefficient (Wildman–Crippen LogP) is 2.94. The van der Waals surface area contributed by atoms with E-state index in [9.17, 15) is 14.0 Å². The molecule has 0 aromatic heterocycles. The Morgan fingerprint density at radius 3 is 2.45 bits per heavy atom. The lowest BCUT2D eigenvalue weighted by Crippen LogP contribution is -2.42. The number of halogens is 2. The van der Waals surface area contributed by atoms with E-state index in [4.69, 9.17) is 25.4 Å². The van der Waals surface area contributed by atoms with Gasteiger partial charge in [0.2, 0.25) is 0 Å². The molecule has 0 radical (unpaired) electrons. The summed E-state index contributed by atoms with van der Waals surface area (Å²) in [6.07, 6.45) is 0. The van der Waals surface area contributed by atoms with Crippen LogP contribution in [0.3, 0.4) is 0 Å². The van der Waals surface area contributed by atoms with E-state index in [-0.39, 0.29) is 30.4 Å². The summed E-state index contributed by atoms with van der Waals surface area (Å²) in [7, 11) is 3.12. The number of benzene rings is 2. The Labute approximate surface area is 207 Å². The van der Waals surface area contributed by atoms with Gasteiger partial charge < -0.3 is 9.47 Å². The first-order valence-corrected chi connectivity index (χ1v) is 10.6. The highest BCUT2D eigenvalue weighted by Gasteiger charge is 2.19. The molecule has 13 heteroatoms. The number of carbonyl (C=O) groups is 2. The van der Waals surface area contributed by atoms with Crippen LogP contribution in [-0.2, 0) is 9.02 Å². The van der Waals surface area contributed by atoms with Gasteiger partial charge in [-0.05, 0) is 36.4 Å². The summed E-state index contributed by atoms with van der Waals surface area (Å²) < 4.78 is 31.9. The van der Waals surface area contributed by atoms with E-state index < -0.39 is 17.6 Å².